The quantitative estimate of drug-likeness (QED) is 0.326. The molecule has 0 amide bonds. The fourth-order valence-electron chi connectivity index (χ4n) is 4.05. The van der Waals surface area contributed by atoms with Crippen molar-refractivity contribution in [2.24, 2.45) is 0 Å². The highest BCUT2D eigenvalue weighted by Gasteiger charge is 2.57. The van der Waals surface area contributed by atoms with Crippen molar-refractivity contribution < 1.29 is 14.4 Å². The highest BCUT2D eigenvalue weighted by Crippen LogP contribution is 2.47. The Labute approximate surface area is 174 Å². The molecule has 3 nitrogen and oxygen atoms in total. The molecule has 4 rings (SSSR count). The van der Waals surface area contributed by atoms with E-state index < -0.39 is 22.4 Å². The van der Waals surface area contributed by atoms with E-state index in [-0.39, 0.29) is 12.2 Å². The topological polar surface area (TPSA) is 51.2 Å². The van der Waals surface area contributed by atoms with Crippen molar-refractivity contribution >= 4 is 29.0 Å². The Kier molecular flexibility index (Phi) is 4.93. The van der Waals surface area contributed by atoms with Gasteiger partial charge in [0.05, 0.1) is 0 Å². The summed E-state index contributed by atoms with van der Waals surface area (Å²) in [5.41, 5.74) is 2.75. The lowest BCUT2D eigenvalue weighted by Crippen LogP contribution is -2.42. The smallest absolute Gasteiger partial charge is 0.193 e. The minimum Gasteiger partial charge on any atom is -0.294 e. The van der Waals surface area contributed by atoms with Gasteiger partial charge in [0.25, 0.3) is 0 Å². The average Bonchev–Trinajstić information content (AvgIpc) is 2.95. The fourth-order valence-corrected chi connectivity index (χ4v) is 4.45. The molecule has 0 bridgehead atoms. The Hall–Kier alpha value is -3.04. The second-order valence-electron chi connectivity index (χ2n) is 7.32. The van der Waals surface area contributed by atoms with Crippen LogP contribution in [0.25, 0.3) is 0 Å². The van der Waals surface area contributed by atoms with Crippen LogP contribution in [0.2, 0.25) is 0 Å². The molecule has 1 aliphatic carbocycles. The van der Waals surface area contributed by atoms with E-state index in [1.807, 2.05) is 49.4 Å². The lowest BCUT2D eigenvalue weighted by Gasteiger charge is -2.29. The summed E-state index contributed by atoms with van der Waals surface area (Å²) in [6.45, 7) is 1.86. The molecule has 0 heterocycles. The lowest BCUT2D eigenvalue weighted by molar-refractivity contribution is 0.0829. The number of benzene rings is 3. The van der Waals surface area contributed by atoms with Crippen molar-refractivity contribution in [3.8, 4) is 0 Å². The monoisotopic (exact) mass is 402 g/mol. The number of carbonyl (C=O) groups excluding carboxylic acids is 3. The van der Waals surface area contributed by atoms with Gasteiger partial charge < -0.3 is 0 Å². The first-order chi connectivity index (χ1) is 13.9. The van der Waals surface area contributed by atoms with Crippen molar-refractivity contribution in [1.82, 2.24) is 0 Å². The van der Waals surface area contributed by atoms with Crippen LogP contribution in [0, 0.1) is 6.92 Å². The van der Waals surface area contributed by atoms with Crippen LogP contribution >= 0.6 is 11.6 Å². The first kappa shape index (κ1) is 19.3. The largest absolute Gasteiger partial charge is 0.294 e. The van der Waals surface area contributed by atoms with E-state index in [9.17, 15) is 14.4 Å². The van der Waals surface area contributed by atoms with Gasteiger partial charge in [-0.15, -0.1) is 11.6 Å². The van der Waals surface area contributed by atoms with Crippen LogP contribution in [0.4, 0.5) is 0 Å². The number of Topliss-reactive ketones (excluding diaryl/α,β-unsaturated/α-hetero) is 3. The zero-order valence-corrected chi connectivity index (χ0v) is 16.6. The van der Waals surface area contributed by atoms with Crippen LogP contribution in [0.5, 0.6) is 0 Å². The van der Waals surface area contributed by atoms with Crippen molar-refractivity contribution in [3.05, 3.63) is 107 Å². The normalized spacial score (nSPS) is 15.8. The number of fused-ring (bicyclic) bond motifs is 1. The molecule has 29 heavy (non-hydrogen) atoms. The Morgan fingerprint density at radius 1 is 0.828 bits per heavy atom. The minimum atomic E-state index is -1.83. The van der Waals surface area contributed by atoms with E-state index >= 15 is 0 Å². The summed E-state index contributed by atoms with van der Waals surface area (Å²) < 4.78 is 0. The lowest BCUT2D eigenvalue weighted by atomic mass is 9.78. The van der Waals surface area contributed by atoms with Crippen LogP contribution in [0.3, 0.4) is 0 Å². The van der Waals surface area contributed by atoms with Crippen molar-refractivity contribution in [2.45, 2.75) is 24.1 Å². The van der Waals surface area contributed by atoms with E-state index in [1.54, 1.807) is 36.4 Å². The molecule has 3 aromatic rings. The van der Waals surface area contributed by atoms with Crippen LogP contribution in [0.1, 0.15) is 54.5 Å². The van der Waals surface area contributed by atoms with Crippen LogP contribution in [-0.2, 0) is 0 Å². The third-order valence-electron chi connectivity index (χ3n) is 5.59. The van der Waals surface area contributed by atoms with E-state index in [4.69, 9.17) is 11.6 Å². The summed E-state index contributed by atoms with van der Waals surface area (Å²) >= 11 is 6.86. The maximum absolute atomic E-state index is 13.3. The molecule has 0 saturated carbocycles. The van der Waals surface area contributed by atoms with Crippen molar-refractivity contribution in [1.29, 1.82) is 0 Å². The third kappa shape index (κ3) is 3.12. The number of halogens is 1. The minimum absolute atomic E-state index is 0.0379. The van der Waals surface area contributed by atoms with Crippen LogP contribution < -0.4 is 0 Å². The SMILES string of the molecule is Cc1ccccc1C(=O)C[C@H](c1ccccc1)C1(Cl)C(=O)c2ccccc2C1=O. The number of carbonyl (C=O) groups is 3. The Balaban J connectivity index is 1.81. The zero-order chi connectivity index (χ0) is 20.6. The number of aryl methyl sites for hydroxylation is 1. The van der Waals surface area contributed by atoms with Gasteiger partial charge in [-0.25, -0.2) is 0 Å². The molecule has 0 N–H and O–H groups in total. The molecule has 0 spiro atoms. The molecule has 4 heteroatoms. The van der Waals surface area contributed by atoms with E-state index in [0.717, 1.165) is 5.56 Å². The highest BCUT2D eigenvalue weighted by atomic mass is 35.5. The van der Waals surface area contributed by atoms with Crippen LogP contribution in [0.15, 0.2) is 78.9 Å². The van der Waals surface area contributed by atoms with Gasteiger partial charge in [0, 0.05) is 29.0 Å². The number of rotatable bonds is 5. The number of alkyl halides is 1. The molecule has 0 unspecified atom stereocenters. The molecular weight excluding hydrogens is 384 g/mol. The second-order valence-corrected chi connectivity index (χ2v) is 7.92. The molecule has 144 valence electrons. The third-order valence-corrected chi connectivity index (χ3v) is 6.20. The molecule has 3 aromatic carbocycles. The number of hydrogen-bond acceptors (Lipinski definition) is 3. The van der Waals surface area contributed by atoms with Gasteiger partial charge in [-0.1, -0.05) is 78.9 Å². The predicted octanol–water partition coefficient (Wildman–Crippen LogP) is 5.41. The first-order valence-electron chi connectivity index (χ1n) is 9.46. The fraction of sp³-hybridized carbons (Fsp3) is 0.160. The maximum Gasteiger partial charge on any atom is 0.193 e. The van der Waals surface area contributed by atoms with Crippen molar-refractivity contribution in [2.75, 3.05) is 0 Å². The molecular formula is C25H19ClO3. The maximum atomic E-state index is 13.3. The van der Waals surface area contributed by atoms with Gasteiger partial charge in [-0.3, -0.25) is 14.4 Å². The first-order valence-corrected chi connectivity index (χ1v) is 9.83. The molecule has 1 atom stereocenters. The van der Waals surface area contributed by atoms with Gasteiger partial charge in [-0.2, -0.15) is 0 Å². The van der Waals surface area contributed by atoms with Crippen LogP contribution in [-0.4, -0.2) is 22.2 Å². The van der Waals surface area contributed by atoms with E-state index in [1.165, 1.54) is 0 Å². The van der Waals surface area contributed by atoms with Gasteiger partial charge in [0.1, 0.15) is 0 Å². The highest BCUT2D eigenvalue weighted by molar-refractivity contribution is 6.56. The molecule has 0 saturated heterocycles. The molecule has 0 aliphatic heterocycles. The summed E-state index contributed by atoms with van der Waals surface area (Å²) in [5, 5.41) is 0. The number of hydrogen-bond donors (Lipinski definition) is 0. The van der Waals surface area contributed by atoms with Gasteiger partial charge in [0.2, 0.25) is 0 Å². The Morgan fingerprint density at radius 2 is 1.34 bits per heavy atom. The Bertz CT molecular complexity index is 1080. The summed E-state index contributed by atoms with van der Waals surface area (Å²) in [4.78, 5) is 37.9. The predicted molar refractivity (Wildman–Crippen MR) is 113 cm³/mol. The molecule has 1 aliphatic rings. The average molecular weight is 403 g/mol. The van der Waals surface area contributed by atoms with Gasteiger partial charge >= 0.3 is 0 Å². The summed E-state index contributed by atoms with van der Waals surface area (Å²) in [7, 11) is 0. The Morgan fingerprint density at radius 3 is 1.93 bits per heavy atom. The second kappa shape index (κ2) is 7.41. The van der Waals surface area contributed by atoms with E-state index in [2.05, 4.69) is 0 Å². The van der Waals surface area contributed by atoms with E-state index in [0.29, 0.717) is 22.3 Å². The van der Waals surface area contributed by atoms with Gasteiger partial charge in [-0.05, 0) is 18.1 Å². The summed E-state index contributed by atoms with van der Waals surface area (Å²) in [5.74, 6) is -1.80. The summed E-state index contributed by atoms with van der Waals surface area (Å²) in [6, 6.07) is 23.0. The molecule has 0 fully saturated rings. The molecule has 0 aromatic heterocycles. The standard InChI is InChI=1S/C25H19ClO3/c1-16-9-5-6-12-18(16)22(27)15-21(17-10-3-2-4-11-17)25(26)23(28)19-13-7-8-14-20(19)24(25)29/h2-14,21H,15H2,1H3/t21-/m1/s1. The molecule has 0 radical (unpaired) electrons. The van der Waals surface area contributed by atoms with Gasteiger partial charge in [0.15, 0.2) is 22.2 Å². The zero-order valence-electron chi connectivity index (χ0n) is 15.9. The number of ketones is 3. The van der Waals surface area contributed by atoms with Crippen molar-refractivity contribution in [3.63, 3.8) is 0 Å². The summed E-state index contributed by atoms with van der Waals surface area (Å²) in [6.07, 6.45) is -0.0379.